The number of nitroso groups, excluding NO2 is 1. The SMILES string of the molecule is CCNC(N=O)=NCCCNC. The highest BCUT2D eigenvalue weighted by molar-refractivity contribution is 5.80. The molecule has 0 bridgehead atoms. The molecule has 0 aromatic heterocycles. The van der Waals surface area contributed by atoms with Gasteiger partial charge in [-0.1, -0.05) is 0 Å². The number of aliphatic imine (C=N–C) groups is 1. The third kappa shape index (κ3) is 5.79. The van der Waals surface area contributed by atoms with Gasteiger partial charge in [-0.2, -0.15) is 0 Å². The van der Waals surface area contributed by atoms with Crippen LogP contribution >= 0.6 is 0 Å². The fourth-order valence-electron chi connectivity index (χ4n) is 0.716. The lowest BCUT2D eigenvalue weighted by molar-refractivity contribution is 0.731. The Bertz CT molecular complexity index is 146. The van der Waals surface area contributed by atoms with Crippen molar-refractivity contribution < 1.29 is 0 Å². The van der Waals surface area contributed by atoms with Gasteiger partial charge in [-0.05, 0) is 26.9 Å². The maximum absolute atomic E-state index is 10.1. The van der Waals surface area contributed by atoms with Crippen LogP contribution in [-0.4, -0.2) is 32.6 Å². The third-order valence-electron chi connectivity index (χ3n) is 1.27. The van der Waals surface area contributed by atoms with Crippen molar-refractivity contribution >= 4 is 5.96 Å². The van der Waals surface area contributed by atoms with Crippen molar-refractivity contribution in [2.24, 2.45) is 10.2 Å². The quantitative estimate of drug-likeness (QED) is 0.272. The van der Waals surface area contributed by atoms with Crippen LogP contribution in [0.4, 0.5) is 0 Å². The van der Waals surface area contributed by atoms with Gasteiger partial charge in [0.15, 0.2) is 0 Å². The molecule has 0 aromatic rings. The van der Waals surface area contributed by atoms with E-state index in [1.54, 1.807) is 0 Å². The number of nitrogens with one attached hydrogen (secondary N) is 2. The first-order chi connectivity index (χ1) is 5.85. The zero-order chi connectivity index (χ0) is 9.23. The second kappa shape index (κ2) is 8.13. The number of guanidine groups is 1. The van der Waals surface area contributed by atoms with Gasteiger partial charge in [-0.3, -0.25) is 0 Å². The predicted octanol–water partition coefficient (Wildman–Crippen LogP) is 0.328. The highest BCUT2D eigenvalue weighted by Gasteiger charge is 1.92. The highest BCUT2D eigenvalue weighted by atomic mass is 16.3. The van der Waals surface area contributed by atoms with Crippen molar-refractivity contribution in [1.82, 2.24) is 10.6 Å². The van der Waals surface area contributed by atoms with Crippen molar-refractivity contribution in [1.29, 1.82) is 0 Å². The predicted molar refractivity (Wildman–Crippen MR) is 50.3 cm³/mol. The summed E-state index contributed by atoms with van der Waals surface area (Å²) in [6.45, 7) is 4.11. The van der Waals surface area contributed by atoms with E-state index in [-0.39, 0.29) is 5.96 Å². The lowest BCUT2D eigenvalue weighted by Gasteiger charge is -1.98. The molecule has 0 spiro atoms. The van der Waals surface area contributed by atoms with Crippen LogP contribution in [0.2, 0.25) is 0 Å². The summed E-state index contributed by atoms with van der Waals surface area (Å²) in [7, 11) is 1.88. The first-order valence-electron chi connectivity index (χ1n) is 4.11. The molecule has 0 amide bonds. The van der Waals surface area contributed by atoms with Crippen LogP contribution in [0.15, 0.2) is 10.2 Å². The van der Waals surface area contributed by atoms with E-state index in [1.807, 2.05) is 14.0 Å². The summed E-state index contributed by atoms with van der Waals surface area (Å²) in [6, 6.07) is 0. The number of hydrogen-bond donors (Lipinski definition) is 2. The minimum Gasteiger partial charge on any atom is -0.352 e. The Balaban J connectivity index is 3.55. The molecule has 0 aromatic carbocycles. The van der Waals surface area contributed by atoms with Crippen LogP contribution in [0.25, 0.3) is 0 Å². The van der Waals surface area contributed by atoms with Crippen LogP contribution in [0, 0.1) is 4.91 Å². The van der Waals surface area contributed by atoms with E-state index in [4.69, 9.17) is 0 Å². The molecule has 0 aliphatic heterocycles. The smallest absolute Gasteiger partial charge is 0.260 e. The minimum absolute atomic E-state index is 0.202. The van der Waals surface area contributed by atoms with Gasteiger partial charge < -0.3 is 10.6 Å². The molecule has 0 saturated heterocycles. The van der Waals surface area contributed by atoms with Crippen LogP contribution < -0.4 is 10.6 Å². The molecular weight excluding hydrogens is 156 g/mol. The fraction of sp³-hybridized carbons (Fsp3) is 0.857. The normalized spacial score (nSPS) is 11.3. The number of hydrogen-bond acceptors (Lipinski definition) is 3. The summed E-state index contributed by atoms with van der Waals surface area (Å²) in [5, 5.41) is 8.50. The molecule has 0 saturated carbocycles. The molecule has 0 heterocycles. The maximum atomic E-state index is 10.1. The van der Waals surface area contributed by atoms with Gasteiger partial charge in [0.2, 0.25) is 0 Å². The van der Waals surface area contributed by atoms with E-state index < -0.39 is 0 Å². The first-order valence-corrected chi connectivity index (χ1v) is 4.11. The first kappa shape index (κ1) is 11.0. The molecule has 70 valence electrons. The zero-order valence-corrected chi connectivity index (χ0v) is 7.63. The van der Waals surface area contributed by atoms with Crippen molar-refractivity contribution in [2.45, 2.75) is 13.3 Å². The molecule has 0 atom stereocenters. The van der Waals surface area contributed by atoms with E-state index >= 15 is 0 Å². The Morgan fingerprint density at radius 3 is 2.75 bits per heavy atom. The van der Waals surface area contributed by atoms with Gasteiger partial charge in [0.05, 0.1) is 0 Å². The molecular formula is C7H16N4O. The average molecular weight is 172 g/mol. The van der Waals surface area contributed by atoms with Gasteiger partial charge >= 0.3 is 0 Å². The van der Waals surface area contributed by atoms with E-state index in [0.717, 1.165) is 13.0 Å². The highest BCUT2D eigenvalue weighted by Crippen LogP contribution is 1.81. The molecule has 5 heteroatoms. The summed E-state index contributed by atoms with van der Waals surface area (Å²) >= 11 is 0. The summed E-state index contributed by atoms with van der Waals surface area (Å²) in [5.74, 6) is 0.202. The van der Waals surface area contributed by atoms with E-state index in [2.05, 4.69) is 20.8 Å². The monoisotopic (exact) mass is 172 g/mol. The van der Waals surface area contributed by atoms with E-state index in [9.17, 15) is 4.91 Å². The van der Waals surface area contributed by atoms with Crippen molar-refractivity contribution in [3.05, 3.63) is 4.91 Å². The molecule has 2 N–H and O–H groups in total. The summed E-state index contributed by atoms with van der Waals surface area (Å²) < 4.78 is 0. The van der Waals surface area contributed by atoms with Gasteiger partial charge in [0.25, 0.3) is 5.96 Å². The molecule has 12 heavy (non-hydrogen) atoms. The molecule has 0 aliphatic rings. The number of rotatable bonds is 5. The fourth-order valence-corrected chi connectivity index (χ4v) is 0.716. The Hall–Kier alpha value is -0.970. The lowest BCUT2D eigenvalue weighted by Crippen LogP contribution is -2.21. The molecule has 0 aliphatic carbocycles. The minimum atomic E-state index is 0.202. The van der Waals surface area contributed by atoms with Crippen molar-refractivity contribution in [3.63, 3.8) is 0 Å². The Labute approximate surface area is 72.6 Å². The van der Waals surface area contributed by atoms with Crippen molar-refractivity contribution in [2.75, 3.05) is 26.7 Å². The molecule has 0 radical (unpaired) electrons. The Kier molecular flexibility index (Phi) is 7.47. The molecule has 5 nitrogen and oxygen atoms in total. The molecule has 0 rings (SSSR count). The van der Waals surface area contributed by atoms with Gasteiger partial charge in [0, 0.05) is 18.3 Å². The van der Waals surface area contributed by atoms with Gasteiger partial charge in [-0.25, -0.2) is 4.99 Å². The lowest BCUT2D eigenvalue weighted by atomic mass is 10.4. The second-order valence-electron chi connectivity index (χ2n) is 2.28. The zero-order valence-electron chi connectivity index (χ0n) is 7.63. The van der Waals surface area contributed by atoms with Gasteiger partial charge in [0.1, 0.15) is 0 Å². The Morgan fingerprint density at radius 2 is 2.25 bits per heavy atom. The van der Waals surface area contributed by atoms with E-state index in [1.165, 1.54) is 0 Å². The van der Waals surface area contributed by atoms with Gasteiger partial charge in [-0.15, -0.1) is 4.91 Å². The van der Waals surface area contributed by atoms with Crippen LogP contribution in [0.1, 0.15) is 13.3 Å². The molecule has 0 fully saturated rings. The number of nitrogens with zero attached hydrogens (tertiary/aromatic N) is 2. The molecule has 0 unspecified atom stereocenters. The summed E-state index contributed by atoms with van der Waals surface area (Å²) in [6.07, 6.45) is 0.918. The standard InChI is InChI=1S/C7H16N4O/c1-3-9-7(11-12)10-6-4-5-8-2/h8H,3-6H2,1-2H3,(H,9,10). The van der Waals surface area contributed by atoms with Crippen LogP contribution in [0.3, 0.4) is 0 Å². The summed E-state index contributed by atoms with van der Waals surface area (Å²) in [5.41, 5.74) is 0. The largest absolute Gasteiger partial charge is 0.352 e. The summed E-state index contributed by atoms with van der Waals surface area (Å²) in [4.78, 5) is 14.1. The topological polar surface area (TPSA) is 65.8 Å². The second-order valence-corrected chi connectivity index (χ2v) is 2.28. The van der Waals surface area contributed by atoms with Crippen LogP contribution in [0.5, 0.6) is 0 Å². The van der Waals surface area contributed by atoms with Crippen LogP contribution in [-0.2, 0) is 0 Å². The van der Waals surface area contributed by atoms with E-state index in [0.29, 0.717) is 13.1 Å². The third-order valence-corrected chi connectivity index (χ3v) is 1.27. The average Bonchev–Trinajstić information content (AvgIpc) is 2.10. The maximum Gasteiger partial charge on any atom is 0.260 e. The van der Waals surface area contributed by atoms with Crippen molar-refractivity contribution in [3.8, 4) is 0 Å². The Morgan fingerprint density at radius 1 is 1.50 bits per heavy atom.